The first-order valence-corrected chi connectivity index (χ1v) is 6.27. The molecule has 3 N–H and O–H groups in total. The SMILES string of the molecule is Nc1nc(Cl)cc(NCCC2CCCCO2)n1. The van der Waals surface area contributed by atoms with Gasteiger partial charge in [-0.15, -0.1) is 0 Å². The molecule has 1 aromatic heterocycles. The summed E-state index contributed by atoms with van der Waals surface area (Å²) in [6.07, 6.45) is 4.93. The molecule has 0 spiro atoms. The van der Waals surface area contributed by atoms with E-state index in [0.717, 1.165) is 26.0 Å². The van der Waals surface area contributed by atoms with E-state index in [1.54, 1.807) is 6.07 Å². The van der Waals surface area contributed by atoms with Crippen LogP contribution in [-0.2, 0) is 4.74 Å². The number of nitrogen functional groups attached to an aromatic ring is 1. The van der Waals surface area contributed by atoms with Gasteiger partial charge in [-0.1, -0.05) is 11.6 Å². The fraction of sp³-hybridized carbons (Fsp3) is 0.636. The number of halogens is 1. The quantitative estimate of drug-likeness (QED) is 0.807. The normalized spacial score (nSPS) is 20.2. The fourth-order valence-corrected chi connectivity index (χ4v) is 2.11. The van der Waals surface area contributed by atoms with Gasteiger partial charge in [0.2, 0.25) is 5.95 Å². The van der Waals surface area contributed by atoms with Gasteiger partial charge in [0.25, 0.3) is 0 Å². The Hall–Kier alpha value is -1.07. The smallest absolute Gasteiger partial charge is 0.223 e. The number of anilines is 2. The zero-order valence-electron chi connectivity index (χ0n) is 9.66. The van der Waals surface area contributed by atoms with Crippen LogP contribution >= 0.6 is 11.6 Å². The summed E-state index contributed by atoms with van der Waals surface area (Å²) in [4.78, 5) is 7.85. The van der Waals surface area contributed by atoms with Gasteiger partial charge in [0.1, 0.15) is 11.0 Å². The number of nitrogens with one attached hydrogen (secondary N) is 1. The lowest BCUT2D eigenvalue weighted by molar-refractivity contribution is 0.0134. The van der Waals surface area contributed by atoms with Gasteiger partial charge in [0.05, 0.1) is 6.10 Å². The van der Waals surface area contributed by atoms with Crippen molar-refractivity contribution in [2.24, 2.45) is 0 Å². The molecule has 1 atom stereocenters. The first kappa shape index (κ1) is 12.4. The Kier molecular flexibility index (Phi) is 4.39. The topological polar surface area (TPSA) is 73.1 Å². The summed E-state index contributed by atoms with van der Waals surface area (Å²) in [6.45, 7) is 1.69. The molecule has 0 aromatic carbocycles. The van der Waals surface area contributed by atoms with Crippen LogP contribution in [-0.4, -0.2) is 29.2 Å². The van der Waals surface area contributed by atoms with Gasteiger partial charge in [-0.05, 0) is 25.7 Å². The minimum Gasteiger partial charge on any atom is -0.378 e. The molecule has 17 heavy (non-hydrogen) atoms. The van der Waals surface area contributed by atoms with Crippen LogP contribution in [0.1, 0.15) is 25.7 Å². The van der Waals surface area contributed by atoms with E-state index < -0.39 is 0 Å². The molecule has 5 nitrogen and oxygen atoms in total. The van der Waals surface area contributed by atoms with E-state index >= 15 is 0 Å². The van der Waals surface area contributed by atoms with Crippen molar-refractivity contribution in [3.05, 3.63) is 11.2 Å². The minimum absolute atomic E-state index is 0.189. The van der Waals surface area contributed by atoms with Crippen LogP contribution in [0.2, 0.25) is 5.15 Å². The Morgan fingerprint density at radius 1 is 1.47 bits per heavy atom. The second-order valence-corrected chi connectivity index (χ2v) is 4.53. The summed E-state index contributed by atoms with van der Waals surface area (Å²) in [6, 6.07) is 1.67. The monoisotopic (exact) mass is 256 g/mol. The second kappa shape index (κ2) is 6.02. The van der Waals surface area contributed by atoms with Crippen LogP contribution in [0, 0.1) is 0 Å². The van der Waals surface area contributed by atoms with E-state index in [-0.39, 0.29) is 5.95 Å². The van der Waals surface area contributed by atoms with Gasteiger partial charge < -0.3 is 15.8 Å². The van der Waals surface area contributed by atoms with Crippen molar-refractivity contribution in [1.29, 1.82) is 0 Å². The van der Waals surface area contributed by atoms with Crippen molar-refractivity contribution in [2.45, 2.75) is 31.8 Å². The molecule has 1 saturated heterocycles. The maximum absolute atomic E-state index is 5.78. The van der Waals surface area contributed by atoms with E-state index in [1.165, 1.54) is 12.8 Å². The van der Waals surface area contributed by atoms with E-state index in [2.05, 4.69) is 15.3 Å². The second-order valence-electron chi connectivity index (χ2n) is 4.14. The van der Waals surface area contributed by atoms with Gasteiger partial charge in [-0.2, -0.15) is 4.98 Å². The standard InChI is InChI=1S/C11H17ClN4O/c12-9-7-10(16-11(13)15-9)14-5-4-8-3-1-2-6-17-8/h7-8H,1-6H2,(H3,13,14,15,16). The van der Waals surface area contributed by atoms with Crippen molar-refractivity contribution in [3.63, 3.8) is 0 Å². The van der Waals surface area contributed by atoms with E-state index in [0.29, 0.717) is 17.1 Å². The van der Waals surface area contributed by atoms with Crippen molar-refractivity contribution in [3.8, 4) is 0 Å². The Balaban J connectivity index is 1.77. The maximum Gasteiger partial charge on any atom is 0.223 e. The van der Waals surface area contributed by atoms with Gasteiger partial charge >= 0.3 is 0 Å². The van der Waals surface area contributed by atoms with E-state index in [1.807, 2.05) is 0 Å². The number of aromatic nitrogens is 2. The third kappa shape index (κ3) is 4.02. The third-order valence-corrected chi connectivity index (χ3v) is 2.95. The number of rotatable bonds is 4. The molecule has 0 amide bonds. The molecule has 0 bridgehead atoms. The fourth-order valence-electron chi connectivity index (χ4n) is 1.92. The zero-order chi connectivity index (χ0) is 12.1. The Morgan fingerprint density at radius 3 is 3.06 bits per heavy atom. The summed E-state index contributed by atoms with van der Waals surface area (Å²) < 4.78 is 5.64. The minimum atomic E-state index is 0.189. The molecule has 1 unspecified atom stereocenters. The van der Waals surface area contributed by atoms with Gasteiger partial charge in [-0.3, -0.25) is 0 Å². The highest BCUT2D eigenvalue weighted by atomic mass is 35.5. The molecule has 94 valence electrons. The first-order chi connectivity index (χ1) is 8.24. The summed E-state index contributed by atoms with van der Waals surface area (Å²) in [7, 11) is 0. The first-order valence-electron chi connectivity index (χ1n) is 5.89. The molecular weight excluding hydrogens is 240 g/mol. The highest BCUT2D eigenvalue weighted by molar-refractivity contribution is 6.29. The lowest BCUT2D eigenvalue weighted by atomic mass is 10.1. The van der Waals surface area contributed by atoms with Crippen LogP contribution in [0.25, 0.3) is 0 Å². The molecule has 0 saturated carbocycles. The number of ether oxygens (including phenoxy) is 1. The molecule has 1 fully saturated rings. The van der Waals surface area contributed by atoms with E-state index in [4.69, 9.17) is 22.1 Å². The maximum atomic E-state index is 5.78. The van der Waals surface area contributed by atoms with Gasteiger partial charge in [-0.25, -0.2) is 4.98 Å². The van der Waals surface area contributed by atoms with Crippen LogP contribution in [0.4, 0.5) is 11.8 Å². The lowest BCUT2D eigenvalue weighted by Gasteiger charge is -2.22. The molecule has 1 aliphatic rings. The van der Waals surface area contributed by atoms with Gasteiger partial charge in [0.15, 0.2) is 0 Å². The predicted octanol–water partition coefficient (Wildman–Crippen LogP) is 2.08. The van der Waals surface area contributed by atoms with Crippen molar-refractivity contribution < 1.29 is 4.74 Å². The summed E-state index contributed by atoms with van der Waals surface area (Å²) in [5, 5.41) is 3.53. The molecule has 0 radical (unpaired) electrons. The molecular formula is C11H17ClN4O. The zero-order valence-corrected chi connectivity index (χ0v) is 10.4. The molecule has 1 aromatic rings. The van der Waals surface area contributed by atoms with Crippen LogP contribution in [0.5, 0.6) is 0 Å². The van der Waals surface area contributed by atoms with Crippen molar-refractivity contribution in [2.75, 3.05) is 24.2 Å². The van der Waals surface area contributed by atoms with E-state index in [9.17, 15) is 0 Å². The highest BCUT2D eigenvalue weighted by Gasteiger charge is 2.13. The molecule has 6 heteroatoms. The van der Waals surface area contributed by atoms with Crippen LogP contribution < -0.4 is 11.1 Å². The molecule has 0 aliphatic carbocycles. The summed E-state index contributed by atoms with van der Waals surface area (Å²) in [5.41, 5.74) is 5.50. The Morgan fingerprint density at radius 2 is 2.35 bits per heavy atom. The largest absolute Gasteiger partial charge is 0.378 e. The summed E-state index contributed by atoms with van der Waals surface area (Å²) in [5.74, 6) is 0.854. The average Bonchev–Trinajstić information content (AvgIpc) is 2.29. The Bertz CT molecular complexity index is 348. The van der Waals surface area contributed by atoms with Crippen molar-refractivity contribution in [1.82, 2.24) is 9.97 Å². The number of hydrogen-bond acceptors (Lipinski definition) is 5. The number of nitrogens with two attached hydrogens (primary N) is 1. The lowest BCUT2D eigenvalue weighted by Crippen LogP contribution is -2.22. The van der Waals surface area contributed by atoms with Crippen LogP contribution in [0.15, 0.2) is 6.07 Å². The number of nitrogens with zero attached hydrogens (tertiary/aromatic N) is 2. The average molecular weight is 257 g/mol. The Labute approximate surface area is 106 Å². The van der Waals surface area contributed by atoms with Gasteiger partial charge in [0, 0.05) is 19.2 Å². The third-order valence-electron chi connectivity index (χ3n) is 2.76. The molecule has 2 heterocycles. The highest BCUT2D eigenvalue weighted by Crippen LogP contribution is 2.16. The molecule has 1 aliphatic heterocycles. The number of hydrogen-bond donors (Lipinski definition) is 2. The van der Waals surface area contributed by atoms with Crippen molar-refractivity contribution >= 4 is 23.4 Å². The van der Waals surface area contributed by atoms with Crippen LogP contribution in [0.3, 0.4) is 0 Å². The summed E-state index contributed by atoms with van der Waals surface area (Å²) >= 11 is 5.78. The predicted molar refractivity (Wildman–Crippen MR) is 68.2 cm³/mol. The molecule has 2 rings (SSSR count).